The Balaban J connectivity index is 1.90. The second-order valence-corrected chi connectivity index (χ2v) is 7.29. The van der Waals surface area contributed by atoms with Gasteiger partial charge in [0.05, 0.1) is 11.7 Å². The van der Waals surface area contributed by atoms with Gasteiger partial charge in [0.1, 0.15) is 11.5 Å². The van der Waals surface area contributed by atoms with Crippen LogP contribution >= 0.6 is 0 Å². The van der Waals surface area contributed by atoms with Crippen molar-refractivity contribution >= 4 is 23.1 Å². The summed E-state index contributed by atoms with van der Waals surface area (Å²) in [4.78, 5) is 27.3. The normalized spacial score (nSPS) is 14.3. The van der Waals surface area contributed by atoms with Crippen LogP contribution in [0.5, 0.6) is 0 Å². The maximum atomic E-state index is 13.6. The van der Waals surface area contributed by atoms with Gasteiger partial charge in [-0.3, -0.25) is 14.5 Å². The summed E-state index contributed by atoms with van der Waals surface area (Å²) in [5, 5.41) is 2.96. The van der Waals surface area contributed by atoms with Crippen LogP contribution < -0.4 is 5.32 Å². The van der Waals surface area contributed by atoms with Crippen molar-refractivity contribution in [2.24, 2.45) is 0 Å². The molecule has 2 aromatic carbocycles. The van der Waals surface area contributed by atoms with E-state index in [0.717, 1.165) is 5.56 Å². The van der Waals surface area contributed by atoms with Crippen LogP contribution in [0.25, 0.3) is 5.57 Å². The van der Waals surface area contributed by atoms with Crippen molar-refractivity contribution < 1.29 is 18.7 Å². The van der Waals surface area contributed by atoms with E-state index in [0.29, 0.717) is 29.9 Å². The van der Waals surface area contributed by atoms with Gasteiger partial charge in [0.25, 0.3) is 11.8 Å². The molecule has 3 rings (SSSR count). The number of benzene rings is 2. The molecule has 6 heteroatoms. The fourth-order valence-electron chi connectivity index (χ4n) is 3.14. The summed E-state index contributed by atoms with van der Waals surface area (Å²) in [5.41, 5.74) is 2.57. The Bertz CT molecular complexity index is 935. The predicted octanol–water partition coefficient (Wildman–Crippen LogP) is 4.14. The third kappa shape index (κ3) is 4.90. The van der Waals surface area contributed by atoms with Crippen molar-refractivity contribution in [3.8, 4) is 0 Å². The smallest absolute Gasteiger partial charge is 0.278 e. The maximum Gasteiger partial charge on any atom is 0.278 e. The second kappa shape index (κ2) is 9.01. The zero-order valence-electron chi connectivity index (χ0n) is 16.9. The monoisotopic (exact) mass is 396 g/mol. The van der Waals surface area contributed by atoms with Gasteiger partial charge in [-0.1, -0.05) is 35.9 Å². The third-order valence-electron chi connectivity index (χ3n) is 4.58. The molecule has 1 heterocycles. The summed E-state index contributed by atoms with van der Waals surface area (Å²) in [5.74, 6) is -1.20. The van der Waals surface area contributed by atoms with Crippen molar-refractivity contribution in [3.05, 3.63) is 71.2 Å². The molecule has 2 amide bonds. The lowest BCUT2D eigenvalue weighted by Gasteiger charge is -2.16. The largest absolute Gasteiger partial charge is 0.379 e. The van der Waals surface area contributed by atoms with Crippen molar-refractivity contribution in [3.63, 3.8) is 0 Å². The van der Waals surface area contributed by atoms with E-state index >= 15 is 0 Å². The summed E-state index contributed by atoms with van der Waals surface area (Å²) in [6.07, 6.45) is 0.635. The van der Waals surface area contributed by atoms with Crippen molar-refractivity contribution in [1.29, 1.82) is 0 Å². The van der Waals surface area contributed by atoms with Crippen LogP contribution in [0.2, 0.25) is 0 Å². The van der Waals surface area contributed by atoms with Gasteiger partial charge in [0.2, 0.25) is 0 Å². The van der Waals surface area contributed by atoms with Crippen LogP contribution in [-0.4, -0.2) is 36.0 Å². The Labute approximate surface area is 170 Å². The minimum atomic E-state index is -0.424. The molecule has 0 fully saturated rings. The highest BCUT2D eigenvalue weighted by Gasteiger charge is 2.38. The third-order valence-corrected chi connectivity index (χ3v) is 4.58. The first-order valence-corrected chi connectivity index (χ1v) is 9.68. The van der Waals surface area contributed by atoms with Crippen molar-refractivity contribution in [2.45, 2.75) is 33.3 Å². The summed E-state index contributed by atoms with van der Waals surface area (Å²) in [7, 11) is 0. The van der Waals surface area contributed by atoms with Crippen LogP contribution in [0.3, 0.4) is 0 Å². The van der Waals surface area contributed by atoms with Gasteiger partial charge in [0.15, 0.2) is 0 Å². The fraction of sp³-hybridized carbons (Fsp3) is 0.304. The molecule has 29 heavy (non-hydrogen) atoms. The first-order valence-electron chi connectivity index (χ1n) is 9.68. The van der Waals surface area contributed by atoms with Crippen molar-refractivity contribution in [2.75, 3.05) is 18.5 Å². The number of carbonyl (C=O) groups is 2. The fourth-order valence-corrected chi connectivity index (χ4v) is 3.14. The van der Waals surface area contributed by atoms with Crippen LogP contribution in [0.4, 0.5) is 10.1 Å². The van der Waals surface area contributed by atoms with E-state index in [1.165, 1.54) is 17.0 Å². The molecule has 0 atom stereocenters. The second-order valence-electron chi connectivity index (χ2n) is 7.29. The molecule has 2 aromatic rings. The molecule has 0 aromatic heterocycles. The summed E-state index contributed by atoms with van der Waals surface area (Å²) in [6, 6.07) is 13.2. The lowest BCUT2D eigenvalue weighted by molar-refractivity contribution is -0.137. The lowest BCUT2D eigenvalue weighted by atomic mass is 10.0. The van der Waals surface area contributed by atoms with E-state index in [4.69, 9.17) is 4.74 Å². The number of nitrogens with one attached hydrogen (secondary N) is 1. The van der Waals surface area contributed by atoms with E-state index in [9.17, 15) is 14.0 Å². The van der Waals surface area contributed by atoms with Gasteiger partial charge in [-0.25, -0.2) is 4.39 Å². The van der Waals surface area contributed by atoms with Gasteiger partial charge in [-0.2, -0.15) is 0 Å². The molecule has 0 radical (unpaired) electrons. The van der Waals surface area contributed by atoms with Crippen LogP contribution in [0.15, 0.2) is 54.2 Å². The average molecular weight is 396 g/mol. The number of hydrogen-bond acceptors (Lipinski definition) is 4. The molecular formula is C23H25FN2O3. The number of anilines is 1. The van der Waals surface area contributed by atoms with Gasteiger partial charge in [-0.05, 0) is 51.0 Å². The minimum Gasteiger partial charge on any atom is -0.379 e. The predicted molar refractivity (Wildman–Crippen MR) is 111 cm³/mol. The van der Waals surface area contributed by atoms with Crippen LogP contribution in [0.1, 0.15) is 31.4 Å². The highest BCUT2D eigenvalue weighted by molar-refractivity contribution is 6.36. The molecular weight excluding hydrogens is 371 g/mol. The highest BCUT2D eigenvalue weighted by atomic mass is 19.1. The van der Waals surface area contributed by atoms with E-state index in [-0.39, 0.29) is 24.3 Å². The molecule has 0 saturated heterocycles. The standard InChI is InChI=1S/C23H25FN2O3/c1-15(2)29-13-5-12-26-22(27)20(17-10-8-16(3)9-11-17)21(23(26)28)25-19-7-4-6-18(24)14-19/h4,6-11,14-15,25H,5,12-13H2,1-3H3. The number of hydrogen-bond donors (Lipinski definition) is 1. The molecule has 152 valence electrons. The summed E-state index contributed by atoms with van der Waals surface area (Å²) in [6.45, 7) is 6.54. The molecule has 5 nitrogen and oxygen atoms in total. The van der Waals surface area contributed by atoms with Gasteiger partial charge in [-0.15, -0.1) is 0 Å². The topological polar surface area (TPSA) is 58.6 Å². The molecule has 0 saturated carbocycles. The lowest BCUT2D eigenvalue weighted by Crippen LogP contribution is -2.34. The number of rotatable bonds is 8. The number of nitrogens with zero attached hydrogens (tertiary/aromatic N) is 1. The number of carbonyl (C=O) groups excluding carboxylic acids is 2. The van der Waals surface area contributed by atoms with Gasteiger partial charge in [0, 0.05) is 18.8 Å². The number of amides is 2. The molecule has 1 N–H and O–H groups in total. The SMILES string of the molecule is Cc1ccc(C2=C(Nc3cccc(F)c3)C(=O)N(CCCOC(C)C)C2=O)cc1. The molecule has 0 unspecified atom stereocenters. The molecule has 0 spiro atoms. The van der Waals surface area contributed by atoms with Crippen molar-refractivity contribution in [1.82, 2.24) is 4.90 Å². The number of aryl methyl sites for hydroxylation is 1. The Morgan fingerprint density at radius 1 is 1.07 bits per heavy atom. The van der Waals surface area contributed by atoms with Gasteiger partial charge >= 0.3 is 0 Å². The average Bonchev–Trinajstić information content (AvgIpc) is 2.90. The van der Waals surface area contributed by atoms with E-state index in [2.05, 4.69) is 5.32 Å². The number of ether oxygens (including phenoxy) is 1. The summed E-state index contributed by atoms with van der Waals surface area (Å²) >= 11 is 0. The van der Waals surface area contributed by atoms with Gasteiger partial charge < -0.3 is 10.1 Å². The Hall–Kier alpha value is -2.99. The zero-order chi connectivity index (χ0) is 21.0. The molecule has 1 aliphatic rings. The van der Waals surface area contributed by atoms with Crippen LogP contribution in [-0.2, 0) is 14.3 Å². The summed E-state index contributed by atoms with van der Waals surface area (Å²) < 4.78 is 19.1. The van der Waals surface area contributed by atoms with E-state index in [1.807, 2.05) is 45.0 Å². The first kappa shape index (κ1) is 20.7. The molecule has 1 aliphatic heterocycles. The number of halogens is 1. The van der Waals surface area contributed by atoms with E-state index in [1.54, 1.807) is 12.1 Å². The first-order chi connectivity index (χ1) is 13.9. The number of imide groups is 1. The highest BCUT2D eigenvalue weighted by Crippen LogP contribution is 2.31. The quantitative estimate of drug-likeness (QED) is 0.538. The molecule has 0 bridgehead atoms. The maximum absolute atomic E-state index is 13.6. The van der Waals surface area contributed by atoms with E-state index < -0.39 is 11.7 Å². The zero-order valence-corrected chi connectivity index (χ0v) is 16.9. The Morgan fingerprint density at radius 2 is 1.79 bits per heavy atom. The molecule has 0 aliphatic carbocycles. The minimum absolute atomic E-state index is 0.0893. The Kier molecular flexibility index (Phi) is 6.44. The Morgan fingerprint density at radius 3 is 2.45 bits per heavy atom. The van der Waals surface area contributed by atoms with Crippen LogP contribution in [0, 0.1) is 12.7 Å².